The number of ether oxygens (including phenoxy) is 1. The van der Waals surface area contributed by atoms with Gasteiger partial charge in [-0.25, -0.2) is 5.43 Å². The molecule has 0 aliphatic rings. The molecule has 1 aromatic heterocycles. The highest BCUT2D eigenvalue weighted by Crippen LogP contribution is 2.25. The number of aromatic nitrogens is 3. The maximum absolute atomic E-state index is 12.1. The summed E-state index contributed by atoms with van der Waals surface area (Å²) >= 11 is 1.26. The van der Waals surface area contributed by atoms with Crippen LogP contribution in [-0.4, -0.2) is 44.7 Å². The van der Waals surface area contributed by atoms with Crippen LogP contribution in [0.5, 0.6) is 5.75 Å². The molecule has 31 heavy (non-hydrogen) atoms. The molecule has 0 saturated carbocycles. The first-order valence-electron chi connectivity index (χ1n) is 9.28. The minimum absolute atomic E-state index is 0.00775. The van der Waals surface area contributed by atoms with Crippen LogP contribution >= 0.6 is 11.8 Å². The fourth-order valence-corrected chi connectivity index (χ4v) is 3.45. The Morgan fingerprint density at radius 1 is 1.23 bits per heavy atom. The number of nitrogens with one attached hydrogen (secondary N) is 1. The van der Waals surface area contributed by atoms with Crippen molar-refractivity contribution in [3.8, 4) is 17.1 Å². The Bertz CT molecular complexity index is 1080. The molecule has 1 heterocycles. The van der Waals surface area contributed by atoms with Crippen LogP contribution in [0.1, 0.15) is 12.5 Å². The summed E-state index contributed by atoms with van der Waals surface area (Å²) < 4.78 is 7.11. The Labute approximate surface area is 182 Å². The van der Waals surface area contributed by atoms with E-state index in [4.69, 9.17) is 4.74 Å². The van der Waals surface area contributed by atoms with Crippen molar-refractivity contribution in [3.63, 3.8) is 0 Å². The number of nitro groups is 1. The Balaban J connectivity index is 1.57. The van der Waals surface area contributed by atoms with E-state index in [1.54, 1.807) is 19.2 Å². The third-order valence-corrected chi connectivity index (χ3v) is 5.19. The smallest absolute Gasteiger partial charge is 0.269 e. The molecule has 0 saturated heterocycles. The lowest BCUT2D eigenvalue weighted by atomic mass is 10.2. The van der Waals surface area contributed by atoms with Gasteiger partial charge in [-0.15, -0.1) is 10.2 Å². The first kappa shape index (κ1) is 22.0. The summed E-state index contributed by atoms with van der Waals surface area (Å²) in [5.74, 6) is 1.27. The monoisotopic (exact) mass is 440 g/mol. The van der Waals surface area contributed by atoms with E-state index in [1.165, 1.54) is 30.1 Å². The number of non-ortho nitro benzene ring substituents is 1. The minimum atomic E-state index is -0.477. The number of nitrogens with zero attached hydrogens (tertiary/aromatic N) is 5. The van der Waals surface area contributed by atoms with Crippen LogP contribution in [0.25, 0.3) is 11.4 Å². The highest BCUT2D eigenvalue weighted by atomic mass is 32.2. The molecule has 0 unspecified atom stereocenters. The molecule has 0 aliphatic carbocycles. The van der Waals surface area contributed by atoms with Gasteiger partial charge >= 0.3 is 0 Å². The van der Waals surface area contributed by atoms with Crippen LogP contribution in [0, 0.1) is 10.1 Å². The van der Waals surface area contributed by atoms with Gasteiger partial charge < -0.3 is 9.30 Å². The second kappa shape index (κ2) is 10.3. The van der Waals surface area contributed by atoms with Crippen molar-refractivity contribution in [2.24, 2.45) is 5.10 Å². The fourth-order valence-electron chi connectivity index (χ4n) is 2.66. The highest BCUT2D eigenvalue weighted by Gasteiger charge is 2.14. The van der Waals surface area contributed by atoms with Crippen LogP contribution in [-0.2, 0) is 11.3 Å². The molecule has 0 atom stereocenters. The van der Waals surface area contributed by atoms with Crippen LogP contribution in [0.3, 0.4) is 0 Å². The lowest BCUT2D eigenvalue weighted by Crippen LogP contribution is -2.20. The van der Waals surface area contributed by atoms with Gasteiger partial charge in [-0.2, -0.15) is 5.10 Å². The van der Waals surface area contributed by atoms with Crippen LogP contribution in [0.2, 0.25) is 0 Å². The minimum Gasteiger partial charge on any atom is -0.497 e. The zero-order valence-electron chi connectivity index (χ0n) is 16.9. The predicted octanol–water partition coefficient (Wildman–Crippen LogP) is 3.12. The summed E-state index contributed by atoms with van der Waals surface area (Å²) in [6.45, 7) is 2.63. The molecule has 0 radical (unpaired) electrons. The van der Waals surface area contributed by atoms with Gasteiger partial charge in [-0.05, 0) is 48.9 Å². The summed E-state index contributed by atoms with van der Waals surface area (Å²) in [6.07, 6.45) is 1.42. The van der Waals surface area contributed by atoms with Gasteiger partial charge in [0.05, 0.1) is 24.0 Å². The van der Waals surface area contributed by atoms with Gasteiger partial charge in [0.15, 0.2) is 11.0 Å². The van der Waals surface area contributed by atoms with Crippen LogP contribution in [0.15, 0.2) is 58.8 Å². The van der Waals surface area contributed by atoms with Gasteiger partial charge in [-0.1, -0.05) is 11.8 Å². The number of methoxy groups -OCH3 is 1. The molecule has 0 bridgehead atoms. The molecule has 11 heteroatoms. The lowest BCUT2D eigenvalue weighted by molar-refractivity contribution is -0.384. The van der Waals surface area contributed by atoms with Crippen molar-refractivity contribution in [2.75, 3.05) is 12.9 Å². The molecule has 0 fully saturated rings. The number of hydrazone groups is 1. The zero-order chi connectivity index (χ0) is 22.2. The van der Waals surface area contributed by atoms with Crippen molar-refractivity contribution in [1.82, 2.24) is 20.2 Å². The van der Waals surface area contributed by atoms with Crippen LogP contribution in [0.4, 0.5) is 5.69 Å². The van der Waals surface area contributed by atoms with E-state index in [0.717, 1.165) is 11.3 Å². The maximum Gasteiger partial charge on any atom is 0.269 e. The first-order valence-corrected chi connectivity index (χ1v) is 10.3. The number of rotatable bonds is 9. The number of thioether (sulfide) groups is 1. The number of nitro benzene ring substituents is 1. The van der Waals surface area contributed by atoms with Gasteiger partial charge in [0.25, 0.3) is 11.6 Å². The van der Waals surface area contributed by atoms with Crippen molar-refractivity contribution >= 4 is 29.6 Å². The lowest BCUT2D eigenvalue weighted by Gasteiger charge is -2.07. The van der Waals surface area contributed by atoms with Crippen molar-refractivity contribution in [2.45, 2.75) is 18.6 Å². The van der Waals surface area contributed by atoms with Gasteiger partial charge in [-0.3, -0.25) is 14.9 Å². The SMILES string of the molecule is CCn1c(SCC(=O)NN=Cc2ccc([N+](=O)[O-])cc2)nnc1-c1ccc(OC)cc1. The molecule has 2 aromatic carbocycles. The molecule has 1 N–H and O–H groups in total. The van der Waals surface area contributed by atoms with Gasteiger partial charge in [0, 0.05) is 24.2 Å². The van der Waals surface area contributed by atoms with E-state index in [-0.39, 0.29) is 17.3 Å². The van der Waals surface area contributed by atoms with Crippen molar-refractivity contribution in [3.05, 3.63) is 64.2 Å². The fraction of sp³-hybridized carbons (Fsp3) is 0.200. The topological polar surface area (TPSA) is 125 Å². The average molecular weight is 440 g/mol. The molecule has 3 rings (SSSR count). The molecule has 10 nitrogen and oxygen atoms in total. The van der Waals surface area contributed by atoms with Gasteiger partial charge in [0.2, 0.25) is 0 Å². The van der Waals surface area contributed by atoms with E-state index in [1.807, 2.05) is 35.8 Å². The number of hydrogen-bond donors (Lipinski definition) is 1. The molecule has 1 amide bonds. The van der Waals surface area contributed by atoms with E-state index in [0.29, 0.717) is 23.1 Å². The zero-order valence-corrected chi connectivity index (χ0v) is 17.7. The Hall–Kier alpha value is -3.73. The third-order valence-electron chi connectivity index (χ3n) is 4.22. The molecule has 160 valence electrons. The summed E-state index contributed by atoms with van der Waals surface area (Å²) in [7, 11) is 1.61. The maximum atomic E-state index is 12.1. The van der Waals surface area contributed by atoms with Gasteiger partial charge in [0.1, 0.15) is 5.75 Å². The molecule has 0 spiro atoms. The second-order valence-electron chi connectivity index (χ2n) is 6.21. The van der Waals surface area contributed by atoms with Crippen molar-refractivity contribution in [1.29, 1.82) is 0 Å². The molecule has 0 aliphatic heterocycles. The largest absolute Gasteiger partial charge is 0.497 e. The molecular weight excluding hydrogens is 420 g/mol. The number of benzene rings is 2. The summed E-state index contributed by atoms with van der Waals surface area (Å²) in [5.41, 5.74) is 3.96. The van der Waals surface area contributed by atoms with Crippen LogP contribution < -0.4 is 10.2 Å². The number of hydrogen-bond acceptors (Lipinski definition) is 8. The number of amides is 1. The molecule has 3 aromatic rings. The summed E-state index contributed by atoms with van der Waals surface area (Å²) in [6, 6.07) is 13.4. The van der Waals surface area contributed by atoms with E-state index in [9.17, 15) is 14.9 Å². The number of carbonyl (C=O) groups excluding carboxylic acids is 1. The van der Waals surface area contributed by atoms with Crippen molar-refractivity contribution < 1.29 is 14.5 Å². The Kier molecular flexibility index (Phi) is 7.33. The summed E-state index contributed by atoms with van der Waals surface area (Å²) in [4.78, 5) is 22.3. The van der Waals surface area contributed by atoms with E-state index < -0.39 is 4.92 Å². The number of carbonyl (C=O) groups is 1. The summed E-state index contributed by atoms with van der Waals surface area (Å²) in [5, 5.41) is 23.6. The first-order chi connectivity index (χ1) is 15.0. The quantitative estimate of drug-likeness (QED) is 0.235. The predicted molar refractivity (Wildman–Crippen MR) is 117 cm³/mol. The standard InChI is InChI=1S/C20H20N6O4S/c1-3-25-19(15-6-10-17(30-2)11-7-15)23-24-20(25)31-13-18(27)22-21-12-14-4-8-16(9-5-14)26(28)29/h4-12H,3,13H2,1-2H3,(H,22,27). The Morgan fingerprint density at radius 3 is 2.55 bits per heavy atom. The van der Waals surface area contributed by atoms with E-state index in [2.05, 4.69) is 20.7 Å². The second-order valence-corrected chi connectivity index (χ2v) is 7.15. The normalized spacial score (nSPS) is 10.9. The molecular formula is C20H20N6O4S. The average Bonchev–Trinajstić information content (AvgIpc) is 3.21. The third kappa shape index (κ3) is 5.66. The highest BCUT2D eigenvalue weighted by molar-refractivity contribution is 7.99. The Morgan fingerprint density at radius 2 is 1.94 bits per heavy atom. The van der Waals surface area contributed by atoms with E-state index >= 15 is 0 Å².